The van der Waals surface area contributed by atoms with Gasteiger partial charge in [0.05, 0.1) is 6.54 Å². The van der Waals surface area contributed by atoms with E-state index in [0.29, 0.717) is 6.42 Å². The number of carboxylic acids is 2. The zero-order valence-electron chi connectivity index (χ0n) is 15.2. The van der Waals surface area contributed by atoms with Crippen LogP contribution in [0.5, 0.6) is 0 Å². The summed E-state index contributed by atoms with van der Waals surface area (Å²) in [7, 11) is 0. The van der Waals surface area contributed by atoms with Crippen molar-refractivity contribution in [3.63, 3.8) is 0 Å². The molecule has 3 heterocycles. The molecule has 2 aliphatic heterocycles. The van der Waals surface area contributed by atoms with Crippen LogP contribution >= 0.6 is 11.3 Å². The van der Waals surface area contributed by atoms with Gasteiger partial charge in [0, 0.05) is 11.9 Å². The smallest absolute Gasteiger partial charge is 0.344 e. The standard InChI is InChI=1S/C15H16N6O8S/c16-14-18-7(5-30-14)10(19-29-4-9(22)23)11(24)17-6-3-21(12(6)25)15(28)20-2-1-8(20)13(26)27/h5-6,8H,1-4H2,(H2,16,18)(H,17,24)(H,22,23)(H,26,27)/t6-,8-/m0/s1. The van der Waals surface area contributed by atoms with E-state index in [4.69, 9.17) is 15.9 Å². The summed E-state index contributed by atoms with van der Waals surface area (Å²) < 4.78 is 0. The number of imide groups is 1. The second-order valence-electron chi connectivity index (χ2n) is 6.27. The van der Waals surface area contributed by atoms with E-state index in [1.165, 1.54) is 5.38 Å². The molecule has 14 nitrogen and oxygen atoms in total. The summed E-state index contributed by atoms with van der Waals surface area (Å²) in [6.07, 6.45) is 0.302. The Morgan fingerprint density at radius 3 is 2.60 bits per heavy atom. The van der Waals surface area contributed by atoms with Gasteiger partial charge in [-0.05, 0) is 6.42 Å². The molecule has 1 aromatic heterocycles. The number of urea groups is 1. The van der Waals surface area contributed by atoms with Crippen molar-refractivity contribution in [2.75, 3.05) is 25.4 Å². The lowest BCUT2D eigenvalue weighted by atomic mass is 10.0. The number of nitrogens with one attached hydrogen (secondary N) is 1. The van der Waals surface area contributed by atoms with Crippen molar-refractivity contribution >= 4 is 52.0 Å². The van der Waals surface area contributed by atoms with Gasteiger partial charge in [0.2, 0.25) is 6.61 Å². The number of carbonyl (C=O) groups excluding carboxylic acids is 3. The lowest BCUT2D eigenvalue weighted by Crippen LogP contribution is -2.70. The number of anilines is 1. The Bertz CT molecular complexity index is 945. The summed E-state index contributed by atoms with van der Waals surface area (Å²) in [5, 5.41) is 25.0. The number of hydrogen-bond acceptors (Lipinski definition) is 10. The number of carbonyl (C=O) groups is 5. The van der Waals surface area contributed by atoms with Crippen LogP contribution in [0.25, 0.3) is 0 Å². The van der Waals surface area contributed by atoms with Gasteiger partial charge in [0.25, 0.3) is 11.8 Å². The van der Waals surface area contributed by atoms with E-state index >= 15 is 0 Å². The normalized spacial score (nSPS) is 20.8. The Balaban J connectivity index is 1.62. The highest BCUT2D eigenvalue weighted by atomic mass is 32.1. The maximum atomic E-state index is 12.5. The van der Waals surface area contributed by atoms with Crippen LogP contribution in [0.2, 0.25) is 0 Å². The fourth-order valence-corrected chi connectivity index (χ4v) is 3.26. The minimum absolute atomic E-state index is 0.0185. The Morgan fingerprint density at radius 2 is 2.10 bits per heavy atom. The second-order valence-corrected chi connectivity index (χ2v) is 7.16. The number of likely N-dealkylation sites (tertiary alicyclic amines) is 2. The third-order valence-electron chi connectivity index (χ3n) is 4.34. The number of rotatable bonds is 7. The third-order valence-corrected chi connectivity index (χ3v) is 5.01. The van der Waals surface area contributed by atoms with Gasteiger partial charge in [0.15, 0.2) is 10.8 Å². The first kappa shape index (κ1) is 21.0. The number of β-lactam (4-membered cyclic amide) rings is 1. The van der Waals surface area contributed by atoms with Crippen LogP contribution in [-0.4, -0.2) is 92.3 Å². The zero-order valence-corrected chi connectivity index (χ0v) is 16.0. The molecular weight excluding hydrogens is 424 g/mol. The molecule has 0 saturated carbocycles. The quantitative estimate of drug-likeness (QED) is 0.211. The van der Waals surface area contributed by atoms with Crippen molar-refractivity contribution in [1.82, 2.24) is 20.1 Å². The Morgan fingerprint density at radius 1 is 1.37 bits per heavy atom. The van der Waals surface area contributed by atoms with Gasteiger partial charge < -0.3 is 31.0 Å². The van der Waals surface area contributed by atoms with E-state index in [-0.39, 0.29) is 23.9 Å². The summed E-state index contributed by atoms with van der Waals surface area (Å²) in [6.45, 7) is -0.740. The van der Waals surface area contributed by atoms with Crippen LogP contribution in [0.4, 0.5) is 9.93 Å². The van der Waals surface area contributed by atoms with Gasteiger partial charge in [-0.25, -0.2) is 19.4 Å². The van der Waals surface area contributed by atoms with Crippen molar-refractivity contribution < 1.29 is 39.0 Å². The summed E-state index contributed by atoms with van der Waals surface area (Å²) in [5.74, 6) is -4.07. The predicted octanol–water partition coefficient (Wildman–Crippen LogP) is -1.86. The van der Waals surface area contributed by atoms with Crippen LogP contribution in [-0.2, 0) is 24.0 Å². The zero-order chi connectivity index (χ0) is 22.0. The molecule has 3 rings (SSSR count). The number of nitrogens with zero attached hydrogens (tertiary/aromatic N) is 4. The van der Waals surface area contributed by atoms with Gasteiger partial charge in [0.1, 0.15) is 17.8 Å². The molecule has 0 aliphatic carbocycles. The highest BCUT2D eigenvalue weighted by molar-refractivity contribution is 7.13. The first-order valence-corrected chi connectivity index (χ1v) is 9.35. The van der Waals surface area contributed by atoms with E-state index in [0.717, 1.165) is 21.1 Å². The second kappa shape index (κ2) is 8.32. The average molecular weight is 440 g/mol. The molecule has 2 fully saturated rings. The van der Waals surface area contributed by atoms with E-state index in [2.05, 4.69) is 20.3 Å². The monoisotopic (exact) mass is 440 g/mol. The van der Waals surface area contributed by atoms with Crippen molar-refractivity contribution in [2.24, 2.45) is 5.16 Å². The SMILES string of the molecule is Nc1nc(C(=NOCC(=O)O)C(=O)N[C@H]2CN(C(=O)N3CC[C@H]3C(=O)O)C2=O)cs1. The van der Waals surface area contributed by atoms with Gasteiger partial charge in [-0.15, -0.1) is 11.3 Å². The van der Waals surface area contributed by atoms with Crippen molar-refractivity contribution in [2.45, 2.75) is 18.5 Å². The molecule has 2 saturated heterocycles. The lowest BCUT2D eigenvalue weighted by Gasteiger charge is -2.45. The number of oxime groups is 1. The predicted molar refractivity (Wildman–Crippen MR) is 98.4 cm³/mol. The van der Waals surface area contributed by atoms with E-state index in [1.54, 1.807) is 0 Å². The maximum absolute atomic E-state index is 12.5. The number of aromatic nitrogens is 1. The summed E-state index contributed by atoms with van der Waals surface area (Å²) in [4.78, 5) is 69.0. The Hall–Kier alpha value is -3.75. The topological polar surface area (TPSA) is 205 Å². The number of hydrogen-bond donors (Lipinski definition) is 4. The molecule has 4 amide bonds. The fraction of sp³-hybridized carbons (Fsp3) is 0.400. The van der Waals surface area contributed by atoms with Crippen LogP contribution in [0, 0.1) is 0 Å². The Labute approximate surface area is 171 Å². The van der Waals surface area contributed by atoms with Crippen LogP contribution in [0.15, 0.2) is 10.5 Å². The molecule has 15 heteroatoms. The number of carboxylic acid groups (broad SMARTS) is 2. The molecule has 0 radical (unpaired) electrons. The summed E-state index contributed by atoms with van der Waals surface area (Å²) in [6, 6.07) is -2.76. The lowest BCUT2D eigenvalue weighted by molar-refractivity contribution is -0.149. The van der Waals surface area contributed by atoms with Gasteiger partial charge in [-0.1, -0.05) is 5.16 Å². The first-order valence-electron chi connectivity index (χ1n) is 8.47. The molecule has 1 aromatic rings. The van der Waals surface area contributed by atoms with E-state index < -0.39 is 54.2 Å². The van der Waals surface area contributed by atoms with Crippen molar-refractivity contribution in [1.29, 1.82) is 0 Å². The third kappa shape index (κ3) is 4.14. The van der Waals surface area contributed by atoms with Crippen molar-refractivity contribution in [3.8, 4) is 0 Å². The molecule has 0 aromatic carbocycles. The van der Waals surface area contributed by atoms with E-state index in [1.807, 2.05) is 0 Å². The molecule has 2 aliphatic rings. The van der Waals surface area contributed by atoms with Gasteiger partial charge in [-0.2, -0.15) is 0 Å². The van der Waals surface area contributed by atoms with Gasteiger partial charge in [-0.3, -0.25) is 14.5 Å². The van der Waals surface area contributed by atoms with Crippen LogP contribution < -0.4 is 11.1 Å². The molecule has 160 valence electrons. The molecular formula is C15H16N6O8S. The van der Waals surface area contributed by atoms with E-state index in [9.17, 15) is 24.0 Å². The number of aliphatic carboxylic acids is 2. The highest BCUT2D eigenvalue weighted by Gasteiger charge is 2.48. The highest BCUT2D eigenvalue weighted by Crippen LogP contribution is 2.23. The summed E-state index contributed by atoms with van der Waals surface area (Å²) >= 11 is 1.01. The molecule has 0 bridgehead atoms. The fourth-order valence-electron chi connectivity index (χ4n) is 2.71. The minimum atomic E-state index is -1.31. The number of nitrogen functional groups attached to an aromatic ring is 1. The Kier molecular flexibility index (Phi) is 5.81. The molecule has 30 heavy (non-hydrogen) atoms. The number of thiazole rings is 1. The number of nitrogens with two attached hydrogens (primary N) is 1. The minimum Gasteiger partial charge on any atom is -0.480 e. The molecule has 0 unspecified atom stereocenters. The molecule has 2 atom stereocenters. The van der Waals surface area contributed by atoms with Crippen LogP contribution in [0.3, 0.4) is 0 Å². The van der Waals surface area contributed by atoms with Crippen molar-refractivity contribution in [3.05, 3.63) is 11.1 Å². The number of amides is 4. The molecule has 5 N–H and O–H groups in total. The maximum Gasteiger partial charge on any atom is 0.344 e. The molecule has 0 spiro atoms. The van der Waals surface area contributed by atoms with Gasteiger partial charge >= 0.3 is 18.0 Å². The average Bonchev–Trinajstić information content (AvgIpc) is 3.05. The van der Waals surface area contributed by atoms with Crippen LogP contribution in [0.1, 0.15) is 12.1 Å². The first-order chi connectivity index (χ1) is 14.2. The summed E-state index contributed by atoms with van der Waals surface area (Å²) in [5.41, 5.74) is 5.15. The largest absolute Gasteiger partial charge is 0.480 e.